The Morgan fingerprint density at radius 2 is 0.821 bits per heavy atom. The Balaban J connectivity index is 1.96. The molecule has 1 fully saturated rings. The number of amides is 16. The molecule has 45 heteroatoms. The third-order valence-electron chi connectivity index (χ3n) is 19.7. The molecule has 16 amide bonds. The molecule has 123 heavy (non-hydrogen) atoms. The first kappa shape index (κ1) is 105. The van der Waals surface area contributed by atoms with E-state index in [4.69, 9.17) is 50.6 Å². The van der Waals surface area contributed by atoms with E-state index in [0.717, 1.165) is 6.92 Å². The number of aliphatic hydroxyl groups is 1. The summed E-state index contributed by atoms with van der Waals surface area (Å²) < 4.78 is 0. The average Bonchev–Trinajstić information content (AvgIpc) is 1.36. The number of aliphatic hydroxyl groups excluding tert-OH is 1. The number of nitrogens with two attached hydrogens (primary N) is 6. The van der Waals surface area contributed by atoms with E-state index in [0.29, 0.717) is 30.5 Å². The molecule has 686 valence electrons. The molecule has 0 radical (unpaired) electrons. The van der Waals surface area contributed by atoms with Crippen LogP contribution in [0.25, 0.3) is 0 Å². The summed E-state index contributed by atoms with van der Waals surface area (Å²) in [4.78, 5) is 231. The molecule has 34 N–H and O–H groups in total. The minimum Gasteiger partial charge on any atom is -0.508 e. The number of phenols is 1. The van der Waals surface area contributed by atoms with Crippen LogP contribution in [0.15, 0.2) is 36.8 Å². The molecule has 0 saturated heterocycles. The van der Waals surface area contributed by atoms with E-state index < -0.39 is 222 Å². The quantitative estimate of drug-likeness (QED) is 0.0167. The number of carbonyl (C=O) groups excluding carboxylic acids is 16. The first-order chi connectivity index (χ1) is 57.7. The number of carbonyl (C=O) groups is 16. The molecule has 13 atom stereocenters. The summed E-state index contributed by atoms with van der Waals surface area (Å²) in [6.45, 7) is 16.0. The van der Waals surface area contributed by atoms with E-state index in [1.807, 2.05) is 13.8 Å². The molecule has 2 aromatic rings. The number of nitrogens with one attached hydrogen (secondary N) is 20. The fourth-order valence-corrected chi connectivity index (χ4v) is 13.4. The summed E-state index contributed by atoms with van der Waals surface area (Å²) >= 11 is 0. The molecule has 1 aliphatic carbocycles. The highest BCUT2D eigenvalue weighted by Gasteiger charge is 2.45. The van der Waals surface area contributed by atoms with Gasteiger partial charge in [0.15, 0.2) is 17.9 Å². The van der Waals surface area contributed by atoms with E-state index in [9.17, 15) is 82.1 Å². The van der Waals surface area contributed by atoms with Gasteiger partial charge in [0.05, 0.1) is 18.9 Å². The standard InChI is InChI=1S/C78H131N27O18/c1-39(2)31-53(93-44(10)107)67(116)95-49(18-15-29-90-76(84)85)65(114)100-56(35-46-37-88-38-92-46)71(120)105-78(26-12-11-13-27-78)74(123)102-55(33-41(5)6)68(117)101-57(36-59(80)110)69(118)99-54(32-40(3)4)70(119)103-60(42(7)8)72(121)104-61(43(9)106)73(122)97-50(19-16-30-91-77(86)87)63(112)96-51(24-25-58(79)109)66(115)94-48(17-14-28-89-75(82)83)64(113)98-52(62(81)111)34-45-20-22-47(108)23-21-45/h20-23,37-43,48-57,60-61,106,108H,11-19,24-36H2,1-10H3,(H2,79,109)(H2,80,110)(H2,81,111)(H,88,92)(H,93,107)(H,94,115)(H,95,116)(H,96,112)(H,97,122)(H,98,113)(H,99,118)(H,100,114)(H,101,117)(H,102,123)(H,103,119)(H,104,121)(H,105,120)(H4,82,83,89)(H4,84,85,90)(H4,86,87,91)/t43-,48+,49+,50+,51+,52+,53+,54+,55+,56+,57+,60+,61+/m1/s1. The van der Waals surface area contributed by atoms with Crippen LogP contribution in [0, 0.1) is 39.9 Å². The molecule has 45 nitrogen and oxygen atoms in total. The summed E-state index contributed by atoms with van der Waals surface area (Å²) in [5, 5.41) is 85.3. The topological polar surface area (TPSA) is 762 Å². The van der Waals surface area contributed by atoms with Crippen molar-refractivity contribution in [1.29, 1.82) is 16.2 Å². The number of aromatic hydroxyl groups is 1. The Morgan fingerprint density at radius 3 is 1.23 bits per heavy atom. The van der Waals surface area contributed by atoms with Crippen LogP contribution in [0.3, 0.4) is 0 Å². The molecule has 1 aromatic carbocycles. The number of phenolic OH excluding ortho intramolecular Hbond substituents is 1. The van der Waals surface area contributed by atoms with Gasteiger partial charge >= 0.3 is 0 Å². The fraction of sp³-hybridized carbons (Fsp3) is 0.641. The average molecular weight is 1740 g/mol. The van der Waals surface area contributed by atoms with Crippen molar-refractivity contribution in [2.24, 2.45) is 58.1 Å². The van der Waals surface area contributed by atoms with E-state index in [1.165, 1.54) is 57.6 Å². The number of aromatic nitrogens is 2. The summed E-state index contributed by atoms with van der Waals surface area (Å²) in [5.41, 5.74) is 32.4. The normalized spacial score (nSPS) is 15.5. The van der Waals surface area contributed by atoms with Crippen LogP contribution in [-0.4, -0.2) is 236 Å². The largest absolute Gasteiger partial charge is 0.508 e. The van der Waals surface area contributed by atoms with Gasteiger partial charge in [0, 0.05) is 57.7 Å². The fourth-order valence-electron chi connectivity index (χ4n) is 13.4. The van der Waals surface area contributed by atoms with Crippen LogP contribution >= 0.6 is 0 Å². The predicted octanol–water partition coefficient (Wildman–Crippen LogP) is -5.85. The molecule has 0 aliphatic heterocycles. The second-order valence-electron chi connectivity index (χ2n) is 32.4. The molecule has 1 aliphatic rings. The van der Waals surface area contributed by atoms with Crippen LogP contribution in [-0.2, 0) is 89.6 Å². The maximum Gasteiger partial charge on any atom is 0.246 e. The van der Waals surface area contributed by atoms with E-state index >= 15 is 4.79 Å². The van der Waals surface area contributed by atoms with E-state index in [2.05, 4.69) is 95.0 Å². The zero-order valence-electron chi connectivity index (χ0n) is 71.7. The van der Waals surface area contributed by atoms with Crippen LogP contribution in [0.5, 0.6) is 5.75 Å². The summed E-state index contributed by atoms with van der Waals surface area (Å²) in [7, 11) is 0. The van der Waals surface area contributed by atoms with Gasteiger partial charge in [-0.2, -0.15) is 0 Å². The van der Waals surface area contributed by atoms with Crippen LogP contribution in [0.2, 0.25) is 0 Å². The second kappa shape index (κ2) is 52.6. The predicted molar refractivity (Wildman–Crippen MR) is 451 cm³/mol. The Labute approximate surface area is 714 Å². The second-order valence-corrected chi connectivity index (χ2v) is 32.4. The van der Waals surface area contributed by atoms with Crippen LogP contribution in [0.4, 0.5) is 0 Å². The lowest BCUT2D eigenvalue weighted by molar-refractivity contribution is -0.140. The third kappa shape index (κ3) is 39.3. The van der Waals surface area contributed by atoms with Crippen molar-refractivity contribution in [2.75, 3.05) is 19.6 Å². The van der Waals surface area contributed by atoms with Gasteiger partial charge in [-0.05, 0) is 125 Å². The number of rotatable bonds is 55. The van der Waals surface area contributed by atoms with E-state index in [-0.39, 0.29) is 127 Å². The van der Waals surface area contributed by atoms with Crippen LogP contribution in [0.1, 0.15) is 190 Å². The summed E-state index contributed by atoms with van der Waals surface area (Å²) in [6.07, 6.45) is 0.0108. The number of H-pyrrole nitrogens is 1. The van der Waals surface area contributed by atoms with Gasteiger partial charge in [-0.3, -0.25) is 92.9 Å². The first-order valence-electron chi connectivity index (χ1n) is 41.2. The smallest absolute Gasteiger partial charge is 0.246 e. The maximum absolute atomic E-state index is 15.1. The Morgan fingerprint density at radius 1 is 0.439 bits per heavy atom. The Kier molecular flexibility index (Phi) is 44.8. The van der Waals surface area contributed by atoms with Crippen molar-refractivity contribution in [1.82, 2.24) is 95.0 Å². The van der Waals surface area contributed by atoms with Gasteiger partial charge in [0.2, 0.25) is 94.5 Å². The highest BCUT2D eigenvalue weighted by Crippen LogP contribution is 2.30. The van der Waals surface area contributed by atoms with Crippen molar-refractivity contribution in [3.63, 3.8) is 0 Å². The highest BCUT2D eigenvalue weighted by atomic mass is 16.3. The molecular weight excluding hydrogens is 1600 g/mol. The SMILES string of the molecule is CC(=O)N[C@@H](CC(C)C)C(=O)N[C@@H](CCCNC(=N)N)C(=O)N[C@@H](Cc1cnc[nH]1)C(=O)NC1(C(=O)N[C@@H](CC(C)C)C(=O)N[C@@H](CC(N)=O)C(=O)N[C@@H](CC(C)C)C(=O)N[C@H](C(=O)N[C@H](C(=O)N[C@@H](CCCNC(=N)N)C(=O)N[C@@H](CCC(N)=O)C(=O)N[C@@H](CCCNC(=N)N)C(=O)N[C@@H](Cc2ccc(O)cc2)C(N)=O)[C@@H](C)O)C(C)C)CCCCC1. The zero-order chi connectivity index (χ0) is 92.5. The van der Waals surface area contributed by atoms with Crippen molar-refractivity contribution < 1.29 is 86.9 Å². The number of aromatic amines is 1. The monoisotopic (exact) mass is 1730 g/mol. The molecule has 0 bridgehead atoms. The lowest BCUT2D eigenvalue weighted by Gasteiger charge is -2.39. The number of nitrogens with zero attached hydrogens (tertiary/aromatic N) is 1. The molecule has 3 rings (SSSR count). The molecule has 0 spiro atoms. The molecule has 1 heterocycles. The maximum atomic E-state index is 15.1. The number of hydrogen-bond donors (Lipinski definition) is 28. The number of primary amides is 3. The number of imidazole rings is 1. The van der Waals surface area contributed by atoms with Crippen molar-refractivity contribution in [3.8, 4) is 5.75 Å². The summed E-state index contributed by atoms with van der Waals surface area (Å²) in [5.74, 6) is -18.1. The van der Waals surface area contributed by atoms with Gasteiger partial charge in [-0.25, -0.2) is 4.98 Å². The minimum absolute atomic E-state index is 0.0227. The van der Waals surface area contributed by atoms with Gasteiger partial charge in [-0.15, -0.1) is 0 Å². The molecular formula is C78H131N27O18. The van der Waals surface area contributed by atoms with Crippen molar-refractivity contribution in [3.05, 3.63) is 48.0 Å². The summed E-state index contributed by atoms with van der Waals surface area (Å²) in [6, 6.07) is -12.7. The zero-order valence-corrected chi connectivity index (χ0v) is 71.7. The van der Waals surface area contributed by atoms with Gasteiger partial charge < -0.3 is 135 Å². The van der Waals surface area contributed by atoms with Crippen LogP contribution < -0.4 is 119 Å². The minimum atomic E-state index is -1.93. The Bertz CT molecular complexity index is 3930. The van der Waals surface area contributed by atoms with Gasteiger partial charge in [-0.1, -0.05) is 86.8 Å². The van der Waals surface area contributed by atoms with E-state index in [1.54, 1.807) is 27.7 Å². The van der Waals surface area contributed by atoms with Crippen molar-refractivity contribution >= 4 is 112 Å². The molecule has 0 unspecified atom stereocenters. The number of guanidine groups is 3. The van der Waals surface area contributed by atoms with Gasteiger partial charge in [0.25, 0.3) is 0 Å². The third-order valence-corrected chi connectivity index (χ3v) is 19.7. The molecule has 1 saturated carbocycles. The number of benzene rings is 1. The highest BCUT2D eigenvalue weighted by molar-refractivity contribution is 6.02. The number of hydrogen-bond acceptors (Lipinski definition) is 22. The lowest BCUT2D eigenvalue weighted by Crippen LogP contribution is -2.66. The van der Waals surface area contributed by atoms with Crippen molar-refractivity contribution in [2.45, 2.75) is 275 Å². The molecule has 1 aromatic heterocycles. The Hall–Kier alpha value is -12.5. The van der Waals surface area contributed by atoms with Gasteiger partial charge in [0.1, 0.15) is 83.8 Å². The first-order valence-corrected chi connectivity index (χ1v) is 41.2. The lowest BCUT2D eigenvalue weighted by atomic mass is 9.80.